The van der Waals surface area contributed by atoms with Gasteiger partial charge in [-0.1, -0.05) is 413 Å². The summed E-state index contributed by atoms with van der Waals surface area (Å²) in [5.74, 6) is -2.10. The van der Waals surface area contributed by atoms with E-state index in [9.17, 15) is 43.2 Å². The zero-order valence-electron chi connectivity index (χ0n) is 68.0. The van der Waals surface area contributed by atoms with Gasteiger partial charge in [0.25, 0.3) is 0 Å². The smallest absolute Gasteiger partial charge is 0.462 e. The normalized spacial score (nSPS) is 13.7. The predicted molar refractivity (Wildman–Crippen MR) is 428 cm³/mol. The van der Waals surface area contributed by atoms with Crippen LogP contribution in [0.15, 0.2) is 0 Å². The minimum absolute atomic E-state index is 0.109. The Bertz CT molecular complexity index is 1960. The van der Waals surface area contributed by atoms with Crippen molar-refractivity contribution >= 4 is 39.5 Å². The molecule has 0 aromatic rings. The Hall–Kier alpha value is -1.94. The third kappa shape index (κ3) is 78.2. The second-order valence-electron chi connectivity index (χ2n) is 30.6. The highest BCUT2D eigenvalue weighted by molar-refractivity contribution is 7.47. The topological polar surface area (TPSA) is 237 Å². The number of hydrogen-bond acceptors (Lipinski definition) is 15. The lowest BCUT2D eigenvalue weighted by molar-refractivity contribution is -0.161. The van der Waals surface area contributed by atoms with Crippen molar-refractivity contribution in [3.8, 4) is 0 Å². The predicted octanol–water partition coefficient (Wildman–Crippen LogP) is 26.1. The van der Waals surface area contributed by atoms with Crippen molar-refractivity contribution in [2.24, 2.45) is 0 Å². The van der Waals surface area contributed by atoms with Crippen molar-refractivity contribution in [1.82, 2.24) is 0 Å². The number of ether oxygens (including phenoxy) is 4. The van der Waals surface area contributed by atoms with Crippen LogP contribution in [0.5, 0.6) is 0 Å². The first kappa shape index (κ1) is 102. The van der Waals surface area contributed by atoms with E-state index < -0.39 is 97.5 Å². The lowest BCUT2D eigenvalue weighted by Gasteiger charge is -2.21. The Morgan fingerprint density at radius 1 is 0.231 bits per heavy atom. The van der Waals surface area contributed by atoms with E-state index in [1.807, 2.05) is 0 Å². The SMILES string of the molecule is CCCCCCCCCCCCCCCCCCCCCCCC(=O)O[C@H](COC(=O)CCCCCCCCCCCCCCCCCC)COP(=O)(O)OC[C@@H](O)COP(=O)(O)OC[C@@H](COC(=O)CCCCCCCCCCCCC)OC(=O)CCCCCCCCCCCCCCCCCC. The molecule has 0 saturated heterocycles. The third-order valence-corrected chi connectivity index (χ3v) is 22.0. The Morgan fingerprint density at radius 2 is 0.385 bits per heavy atom. The fourth-order valence-corrected chi connectivity index (χ4v) is 14.9. The Balaban J connectivity index is 5.23. The van der Waals surface area contributed by atoms with Crippen LogP contribution < -0.4 is 0 Å². The highest BCUT2D eigenvalue weighted by Crippen LogP contribution is 2.45. The van der Waals surface area contributed by atoms with Crippen LogP contribution in [-0.2, 0) is 65.4 Å². The van der Waals surface area contributed by atoms with Crippen molar-refractivity contribution in [2.75, 3.05) is 39.6 Å². The molecule has 0 aliphatic carbocycles. The van der Waals surface area contributed by atoms with Gasteiger partial charge in [0, 0.05) is 25.7 Å². The average Bonchev–Trinajstić information content (AvgIpc) is 0.908. The summed E-state index contributed by atoms with van der Waals surface area (Å²) in [5, 5.41) is 10.7. The van der Waals surface area contributed by atoms with Gasteiger partial charge in [-0.2, -0.15) is 0 Å². The quantitative estimate of drug-likeness (QED) is 0.0222. The van der Waals surface area contributed by atoms with Gasteiger partial charge in [0.15, 0.2) is 12.2 Å². The van der Waals surface area contributed by atoms with Gasteiger partial charge in [-0.05, 0) is 25.7 Å². The fraction of sp³-hybridized carbons (Fsp3) is 0.953. The summed E-state index contributed by atoms with van der Waals surface area (Å²) in [5.41, 5.74) is 0. The molecule has 19 heteroatoms. The number of phosphoric ester groups is 2. The Morgan fingerprint density at radius 3 is 0.567 bits per heavy atom. The number of hydrogen-bond donors (Lipinski definition) is 3. The zero-order valence-corrected chi connectivity index (χ0v) is 69.8. The summed E-state index contributed by atoms with van der Waals surface area (Å²) >= 11 is 0. The van der Waals surface area contributed by atoms with Gasteiger partial charge < -0.3 is 33.8 Å². The summed E-state index contributed by atoms with van der Waals surface area (Å²) in [7, 11) is -9.92. The molecule has 0 fully saturated rings. The zero-order chi connectivity index (χ0) is 76.0. The molecule has 618 valence electrons. The van der Waals surface area contributed by atoms with E-state index in [4.69, 9.17) is 37.0 Å². The van der Waals surface area contributed by atoms with E-state index in [0.717, 1.165) is 89.9 Å². The van der Waals surface area contributed by atoms with Crippen molar-refractivity contribution in [3.63, 3.8) is 0 Å². The summed E-state index contributed by atoms with van der Waals surface area (Å²) in [4.78, 5) is 73.2. The number of esters is 4. The molecule has 0 aliphatic heterocycles. The number of unbranched alkanes of at least 4 members (excludes halogenated alkanes) is 60. The molecule has 0 rings (SSSR count). The Labute approximate surface area is 638 Å². The van der Waals surface area contributed by atoms with E-state index in [-0.39, 0.29) is 25.7 Å². The van der Waals surface area contributed by atoms with Crippen LogP contribution in [0.25, 0.3) is 0 Å². The highest BCUT2D eigenvalue weighted by atomic mass is 31.2. The lowest BCUT2D eigenvalue weighted by Crippen LogP contribution is -2.30. The number of aliphatic hydroxyl groups is 1. The maximum absolute atomic E-state index is 13.1. The van der Waals surface area contributed by atoms with E-state index >= 15 is 0 Å². The second-order valence-corrected chi connectivity index (χ2v) is 33.5. The van der Waals surface area contributed by atoms with Crippen LogP contribution >= 0.6 is 15.6 Å². The summed E-state index contributed by atoms with van der Waals surface area (Å²) in [6.45, 7) is 5.05. The third-order valence-electron chi connectivity index (χ3n) is 20.1. The maximum atomic E-state index is 13.1. The average molecular weight is 1520 g/mol. The molecule has 3 N–H and O–H groups in total. The fourth-order valence-electron chi connectivity index (χ4n) is 13.3. The largest absolute Gasteiger partial charge is 0.472 e. The van der Waals surface area contributed by atoms with Crippen LogP contribution in [0.2, 0.25) is 0 Å². The second kappa shape index (κ2) is 79.2. The molecule has 5 atom stereocenters. The molecule has 104 heavy (non-hydrogen) atoms. The molecule has 0 aromatic carbocycles. The Kier molecular flexibility index (Phi) is 77.7. The standard InChI is InChI=1S/C85H166O17P2/c1-5-9-13-17-21-25-29-32-35-38-39-40-41-42-45-48-52-56-60-64-68-72-85(90)102-81(76-96-83(88)70-66-62-58-54-50-46-43-36-33-30-26-22-18-14-10-6-2)78-100-104(93,94)98-74-79(86)73-97-103(91,92)99-77-80(75-95-82(87)69-65-61-57-53-49-28-24-20-16-12-8-4)101-84(89)71-67-63-59-55-51-47-44-37-34-31-27-23-19-15-11-7-3/h79-81,86H,5-78H2,1-4H3,(H,91,92)(H,93,94)/t79-,80+,81+/m0/s1. The minimum atomic E-state index is -4.96. The summed E-state index contributed by atoms with van der Waals surface area (Å²) < 4.78 is 68.9. The molecule has 0 amide bonds. The van der Waals surface area contributed by atoms with E-state index in [0.29, 0.717) is 25.7 Å². The van der Waals surface area contributed by atoms with Gasteiger partial charge in [-0.15, -0.1) is 0 Å². The monoisotopic (exact) mass is 1520 g/mol. The molecule has 0 spiro atoms. The molecular formula is C85H166O17P2. The first-order chi connectivity index (χ1) is 50.7. The molecule has 0 bridgehead atoms. The van der Waals surface area contributed by atoms with Crippen molar-refractivity contribution in [1.29, 1.82) is 0 Å². The van der Waals surface area contributed by atoms with Gasteiger partial charge in [-0.3, -0.25) is 37.3 Å². The van der Waals surface area contributed by atoms with Gasteiger partial charge in [0.2, 0.25) is 0 Å². The molecule has 2 unspecified atom stereocenters. The molecule has 0 aromatic heterocycles. The number of carbonyl (C=O) groups is 4. The van der Waals surface area contributed by atoms with Crippen LogP contribution in [0.4, 0.5) is 0 Å². The van der Waals surface area contributed by atoms with Crippen molar-refractivity contribution in [2.45, 2.75) is 483 Å². The molecule has 17 nitrogen and oxygen atoms in total. The minimum Gasteiger partial charge on any atom is -0.462 e. The number of carbonyl (C=O) groups excluding carboxylic acids is 4. The van der Waals surface area contributed by atoms with Crippen LogP contribution in [0.3, 0.4) is 0 Å². The molecule has 0 aliphatic rings. The van der Waals surface area contributed by atoms with Crippen molar-refractivity contribution < 1.29 is 80.2 Å². The molecular weight excluding hydrogens is 1350 g/mol. The number of aliphatic hydroxyl groups excluding tert-OH is 1. The van der Waals surface area contributed by atoms with Crippen LogP contribution in [0, 0.1) is 0 Å². The number of phosphoric acid groups is 2. The first-order valence-corrected chi connectivity index (χ1v) is 47.3. The lowest BCUT2D eigenvalue weighted by atomic mass is 10.0. The summed E-state index contributed by atoms with van der Waals surface area (Å²) in [6.07, 6.45) is 73.5. The van der Waals surface area contributed by atoms with E-state index in [1.54, 1.807) is 0 Å². The van der Waals surface area contributed by atoms with E-state index in [2.05, 4.69) is 27.7 Å². The van der Waals surface area contributed by atoms with E-state index in [1.165, 1.54) is 295 Å². The van der Waals surface area contributed by atoms with Gasteiger partial charge in [0.1, 0.15) is 19.3 Å². The molecule has 0 saturated carbocycles. The summed E-state index contributed by atoms with van der Waals surface area (Å²) in [6, 6.07) is 0. The van der Waals surface area contributed by atoms with Crippen LogP contribution in [-0.4, -0.2) is 96.7 Å². The van der Waals surface area contributed by atoms with Gasteiger partial charge in [-0.25, -0.2) is 9.13 Å². The molecule has 0 radical (unpaired) electrons. The maximum Gasteiger partial charge on any atom is 0.472 e. The van der Waals surface area contributed by atoms with Crippen LogP contribution in [0.1, 0.15) is 464 Å². The molecule has 0 heterocycles. The first-order valence-electron chi connectivity index (χ1n) is 44.3. The van der Waals surface area contributed by atoms with Crippen molar-refractivity contribution in [3.05, 3.63) is 0 Å². The van der Waals surface area contributed by atoms with Gasteiger partial charge in [0.05, 0.1) is 26.4 Å². The van der Waals surface area contributed by atoms with Gasteiger partial charge >= 0.3 is 39.5 Å². The number of rotatable bonds is 86. The highest BCUT2D eigenvalue weighted by Gasteiger charge is 2.30.